The fourth-order valence-electron chi connectivity index (χ4n) is 4.49. The van der Waals surface area contributed by atoms with Crippen molar-refractivity contribution >= 4 is 5.78 Å². The molecule has 1 unspecified atom stereocenters. The first-order chi connectivity index (χ1) is 12.3. The molecule has 0 saturated carbocycles. The molecule has 5 rings (SSSR count). The molecule has 0 fully saturated rings. The number of benzene rings is 2. The van der Waals surface area contributed by atoms with E-state index in [9.17, 15) is 4.79 Å². The summed E-state index contributed by atoms with van der Waals surface area (Å²) in [6.07, 6.45) is 3.17. The second-order valence-electron chi connectivity index (χ2n) is 7.04. The van der Waals surface area contributed by atoms with E-state index in [0.29, 0.717) is 12.3 Å². The predicted octanol–water partition coefficient (Wildman–Crippen LogP) is 4.31. The van der Waals surface area contributed by atoms with Gasteiger partial charge >= 0.3 is 0 Å². The summed E-state index contributed by atoms with van der Waals surface area (Å²) in [6, 6.07) is 23.4. The Balaban J connectivity index is 1.83. The maximum atomic E-state index is 12.7. The first kappa shape index (κ1) is 14.6. The van der Waals surface area contributed by atoms with Crippen molar-refractivity contribution in [3.05, 3.63) is 78.0 Å². The number of Topliss-reactive ketones (excluding diaryl/α,β-unsaturated/α-hetero) is 1. The topological polar surface area (TPSA) is 20.9 Å². The summed E-state index contributed by atoms with van der Waals surface area (Å²) in [6.45, 7) is 0.520. The Labute approximate surface area is 147 Å². The fraction of sp³-hybridized carbons (Fsp3) is 0.217. The number of carbonyl (C=O) groups is 1. The molecule has 1 aliphatic carbocycles. The van der Waals surface area contributed by atoms with Crippen LogP contribution < -0.4 is 4.57 Å². The van der Waals surface area contributed by atoms with Gasteiger partial charge in [-0.2, -0.15) is 4.57 Å². The first-order valence-electron chi connectivity index (χ1n) is 9.06. The highest BCUT2D eigenvalue weighted by Gasteiger charge is 2.45. The minimum absolute atomic E-state index is 0.0925. The molecule has 0 saturated heterocycles. The number of pyridine rings is 1. The Bertz CT molecular complexity index is 960. The highest BCUT2D eigenvalue weighted by Crippen LogP contribution is 2.40. The maximum Gasteiger partial charge on any atom is 0.213 e. The smallest absolute Gasteiger partial charge is 0.213 e. The molecule has 0 spiro atoms. The van der Waals surface area contributed by atoms with Crippen LogP contribution in [0.4, 0.5) is 0 Å². The van der Waals surface area contributed by atoms with Crippen molar-refractivity contribution in [2.45, 2.75) is 31.7 Å². The lowest BCUT2D eigenvalue weighted by molar-refractivity contribution is -0.673. The summed E-state index contributed by atoms with van der Waals surface area (Å²) in [7, 11) is 0. The van der Waals surface area contributed by atoms with E-state index in [0.717, 1.165) is 25.0 Å². The SMILES string of the molecule is O=C1C[n+]2c(-c3ccccc3)cc(-c3ccccc3)c3c2C1CCC3. The van der Waals surface area contributed by atoms with Gasteiger partial charge in [0.15, 0.2) is 5.69 Å². The summed E-state index contributed by atoms with van der Waals surface area (Å²) >= 11 is 0. The molecule has 25 heavy (non-hydrogen) atoms. The molecule has 122 valence electrons. The van der Waals surface area contributed by atoms with E-state index in [4.69, 9.17) is 0 Å². The number of carbonyl (C=O) groups excluding carboxylic acids is 1. The Morgan fingerprint density at radius 1 is 0.880 bits per heavy atom. The van der Waals surface area contributed by atoms with E-state index in [1.54, 1.807) is 0 Å². The third-order valence-corrected chi connectivity index (χ3v) is 5.60. The molecule has 2 aromatic carbocycles. The molecule has 2 heteroatoms. The standard InChI is InChI=1S/C23H20NO/c25-22-15-24-21(17-10-5-2-6-11-17)14-20(16-8-3-1-4-9-16)18-12-7-13-19(22)23(18)24/h1-6,8-11,14,19H,7,12-13,15H2/q+1. The molecule has 0 bridgehead atoms. The van der Waals surface area contributed by atoms with Crippen LogP contribution in [0.15, 0.2) is 66.7 Å². The molecular weight excluding hydrogens is 306 g/mol. The monoisotopic (exact) mass is 326 g/mol. The molecule has 1 atom stereocenters. The number of hydrogen-bond donors (Lipinski definition) is 0. The Kier molecular flexibility index (Phi) is 3.30. The van der Waals surface area contributed by atoms with Gasteiger partial charge in [0.05, 0.1) is 0 Å². The molecule has 1 aliphatic heterocycles. The summed E-state index contributed by atoms with van der Waals surface area (Å²) in [4.78, 5) is 12.7. The largest absolute Gasteiger partial charge is 0.292 e. The Morgan fingerprint density at radius 2 is 1.56 bits per heavy atom. The minimum Gasteiger partial charge on any atom is -0.292 e. The van der Waals surface area contributed by atoms with E-state index < -0.39 is 0 Å². The normalized spacial score (nSPS) is 18.2. The highest BCUT2D eigenvalue weighted by molar-refractivity contribution is 5.88. The number of rotatable bonds is 2. The van der Waals surface area contributed by atoms with E-state index in [2.05, 4.69) is 65.2 Å². The van der Waals surface area contributed by atoms with Crippen molar-refractivity contribution in [3.63, 3.8) is 0 Å². The summed E-state index contributed by atoms with van der Waals surface area (Å²) in [5.74, 6) is 0.471. The maximum absolute atomic E-state index is 12.7. The fourth-order valence-corrected chi connectivity index (χ4v) is 4.49. The van der Waals surface area contributed by atoms with Gasteiger partial charge in [0.25, 0.3) is 0 Å². The highest BCUT2D eigenvalue weighted by atomic mass is 16.1. The molecule has 3 aromatic rings. The van der Waals surface area contributed by atoms with Crippen LogP contribution >= 0.6 is 0 Å². The van der Waals surface area contributed by atoms with Crippen LogP contribution in [-0.2, 0) is 17.8 Å². The summed E-state index contributed by atoms with van der Waals surface area (Å²) in [5.41, 5.74) is 7.55. The van der Waals surface area contributed by atoms with E-state index in [-0.39, 0.29) is 5.92 Å². The second kappa shape index (κ2) is 5.66. The van der Waals surface area contributed by atoms with Gasteiger partial charge in [0.1, 0.15) is 5.92 Å². The molecule has 2 nitrogen and oxygen atoms in total. The lowest BCUT2D eigenvalue weighted by Crippen LogP contribution is -2.38. The predicted molar refractivity (Wildman–Crippen MR) is 98.2 cm³/mol. The zero-order valence-electron chi connectivity index (χ0n) is 14.1. The molecular formula is C23H20NO+. The minimum atomic E-state index is 0.0925. The van der Waals surface area contributed by atoms with Crippen molar-refractivity contribution < 1.29 is 9.36 Å². The van der Waals surface area contributed by atoms with Crippen molar-refractivity contribution in [2.75, 3.05) is 0 Å². The zero-order valence-corrected chi connectivity index (χ0v) is 14.1. The van der Waals surface area contributed by atoms with Gasteiger partial charge in [-0.3, -0.25) is 4.79 Å². The Morgan fingerprint density at radius 3 is 2.28 bits per heavy atom. The number of ketones is 1. The third-order valence-electron chi connectivity index (χ3n) is 5.60. The van der Waals surface area contributed by atoms with Gasteiger partial charge in [-0.1, -0.05) is 48.5 Å². The van der Waals surface area contributed by atoms with E-state index in [1.165, 1.54) is 27.9 Å². The van der Waals surface area contributed by atoms with Crippen LogP contribution in [0.1, 0.15) is 30.0 Å². The average Bonchev–Trinajstić information content (AvgIpc) is 3.02. The average molecular weight is 326 g/mol. The number of aromatic nitrogens is 1. The van der Waals surface area contributed by atoms with Gasteiger partial charge in [-0.05, 0) is 42.5 Å². The molecule has 0 radical (unpaired) electrons. The molecule has 0 amide bonds. The van der Waals surface area contributed by atoms with Crippen molar-refractivity contribution in [1.29, 1.82) is 0 Å². The van der Waals surface area contributed by atoms with Crippen LogP contribution in [0.3, 0.4) is 0 Å². The van der Waals surface area contributed by atoms with Crippen LogP contribution in [0.2, 0.25) is 0 Å². The van der Waals surface area contributed by atoms with Gasteiger partial charge in [0, 0.05) is 17.2 Å². The number of hydrogen-bond acceptors (Lipinski definition) is 1. The molecule has 2 heterocycles. The third kappa shape index (κ3) is 2.25. The van der Waals surface area contributed by atoms with Crippen LogP contribution in [-0.4, -0.2) is 5.78 Å². The lowest BCUT2D eigenvalue weighted by Gasteiger charge is -2.20. The zero-order chi connectivity index (χ0) is 16.8. The van der Waals surface area contributed by atoms with Crippen molar-refractivity contribution in [3.8, 4) is 22.4 Å². The van der Waals surface area contributed by atoms with Crippen molar-refractivity contribution in [2.24, 2.45) is 0 Å². The van der Waals surface area contributed by atoms with E-state index >= 15 is 0 Å². The van der Waals surface area contributed by atoms with Crippen molar-refractivity contribution in [1.82, 2.24) is 0 Å². The van der Waals surface area contributed by atoms with E-state index in [1.807, 2.05) is 6.07 Å². The van der Waals surface area contributed by atoms with Gasteiger partial charge < -0.3 is 0 Å². The van der Waals surface area contributed by atoms with Crippen LogP contribution in [0.5, 0.6) is 0 Å². The van der Waals surface area contributed by atoms with Gasteiger partial charge in [0.2, 0.25) is 18.0 Å². The van der Waals surface area contributed by atoms with Crippen LogP contribution in [0, 0.1) is 0 Å². The number of nitrogens with zero attached hydrogens (tertiary/aromatic N) is 1. The lowest BCUT2D eigenvalue weighted by atomic mass is 9.82. The van der Waals surface area contributed by atoms with Crippen LogP contribution in [0.25, 0.3) is 22.4 Å². The second-order valence-corrected chi connectivity index (χ2v) is 7.04. The summed E-state index contributed by atoms with van der Waals surface area (Å²) in [5, 5.41) is 0. The summed E-state index contributed by atoms with van der Waals surface area (Å²) < 4.78 is 2.28. The molecule has 1 aromatic heterocycles. The van der Waals surface area contributed by atoms with Gasteiger partial charge in [-0.15, -0.1) is 0 Å². The quantitative estimate of drug-likeness (QED) is 0.643. The first-order valence-corrected chi connectivity index (χ1v) is 9.06. The van der Waals surface area contributed by atoms with Gasteiger partial charge in [-0.25, -0.2) is 0 Å². The Hall–Kier alpha value is -2.74. The molecule has 0 N–H and O–H groups in total. The molecule has 2 aliphatic rings.